The molecule has 1 amide bonds. The molecule has 0 fully saturated rings. The van der Waals surface area contributed by atoms with E-state index in [4.69, 9.17) is 0 Å². The minimum absolute atomic E-state index is 0.0274. The van der Waals surface area contributed by atoms with Gasteiger partial charge in [0.1, 0.15) is 6.29 Å². The molecule has 90 valence electrons. The van der Waals surface area contributed by atoms with Crippen LogP contribution >= 0.6 is 0 Å². The predicted molar refractivity (Wildman–Crippen MR) is 63.7 cm³/mol. The number of aldehydes is 1. The number of nitrogens with zero attached hydrogens (tertiary/aromatic N) is 1. The minimum Gasteiger partial charge on any atom is -0.341 e. The maximum atomic E-state index is 11.6. The van der Waals surface area contributed by atoms with Gasteiger partial charge in [0, 0.05) is 24.9 Å². The molecule has 0 N–H and O–H groups in total. The van der Waals surface area contributed by atoms with Gasteiger partial charge in [-0.05, 0) is 20.8 Å². The van der Waals surface area contributed by atoms with Gasteiger partial charge in [0.15, 0.2) is 0 Å². The molecule has 0 aliphatic carbocycles. The van der Waals surface area contributed by atoms with Gasteiger partial charge in [-0.3, -0.25) is 4.79 Å². The summed E-state index contributed by atoms with van der Waals surface area (Å²) in [7, 11) is 1.77. The van der Waals surface area contributed by atoms with Crippen molar-refractivity contribution >= 4 is 12.2 Å². The Labute approximate surface area is 93.8 Å². The smallest absolute Gasteiger partial charge is 0.226 e. The highest BCUT2D eigenvalue weighted by atomic mass is 16.2. The van der Waals surface area contributed by atoms with Crippen molar-refractivity contribution in [3.05, 3.63) is 0 Å². The van der Waals surface area contributed by atoms with Gasteiger partial charge in [-0.25, -0.2) is 0 Å². The molecule has 0 spiro atoms. The summed E-state index contributed by atoms with van der Waals surface area (Å²) in [6.45, 7) is 11.7. The summed E-state index contributed by atoms with van der Waals surface area (Å²) in [5.41, 5.74) is -0.172. The fraction of sp³-hybridized carbons (Fsp3) is 0.833. The fourth-order valence-electron chi connectivity index (χ4n) is 0.906. The molecule has 0 rings (SSSR count). The van der Waals surface area contributed by atoms with Crippen LogP contribution in [0.4, 0.5) is 0 Å². The maximum Gasteiger partial charge on any atom is 0.226 e. The van der Waals surface area contributed by atoms with Crippen LogP contribution < -0.4 is 0 Å². The van der Waals surface area contributed by atoms with Gasteiger partial charge in [-0.15, -0.1) is 0 Å². The van der Waals surface area contributed by atoms with Crippen LogP contribution in [-0.2, 0) is 9.59 Å². The van der Waals surface area contributed by atoms with Gasteiger partial charge in [0.2, 0.25) is 5.91 Å². The molecule has 1 unspecified atom stereocenters. The zero-order chi connectivity index (χ0) is 12.6. The van der Waals surface area contributed by atoms with E-state index in [2.05, 4.69) is 0 Å². The van der Waals surface area contributed by atoms with E-state index in [9.17, 15) is 9.59 Å². The van der Waals surface area contributed by atoms with Crippen LogP contribution in [0.5, 0.6) is 0 Å². The van der Waals surface area contributed by atoms with Gasteiger partial charge in [-0.2, -0.15) is 0 Å². The molecule has 15 heavy (non-hydrogen) atoms. The van der Waals surface area contributed by atoms with Crippen LogP contribution in [0.3, 0.4) is 0 Å². The molecular weight excluding hydrogens is 190 g/mol. The summed E-state index contributed by atoms with van der Waals surface area (Å²) < 4.78 is 0. The van der Waals surface area contributed by atoms with Crippen LogP contribution in [0.1, 0.15) is 48.0 Å². The number of hydrogen-bond donors (Lipinski definition) is 0. The Kier molecular flexibility index (Phi) is 8.21. The van der Waals surface area contributed by atoms with E-state index in [1.807, 2.05) is 34.6 Å². The fourth-order valence-corrected chi connectivity index (χ4v) is 0.906. The standard InChI is InChI=1S/C10H19NO2.C2H6/c1-8(6-7-12)9(13)11(5)10(2,3)4;1-2/h7-8H,6H2,1-5H3;1-2H3. The van der Waals surface area contributed by atoms with Gasteiger partial charge >= 0.3 is 0 Å². The Bertz CT molecular complexity index is 194. The third kappa shape index (κ3) is 6.26. The average Bonchev–Trinajstić information content (AvgIpc) is 2.17. The Balaban J connectivity index is 0. The zero-order valence-corrected chi connectivity index (χ0v) is 11.1. The molecule has 0 radical (unpaired) electrons. The number of amides is 1. The third-order valence-electron chi connectivity index (χ3n) is 2.21. The second kappa shape index (κ2) is 7.43. The third-order valence-corrected chi connectivity index (χ3v) is 2.21. The Morgan fingerprint density at radius 2 is 1.73 bits per heavy atom. The van der Waals surface area contributed by atoms with Gasteiger partial charge < -0.3 is 9.69 Å². The number of carbonyl (C=O) groups excluding carboxylic acids is 2. The van der Waals surface area contributed by atoms with Crippen LogP contribution in [0.2, 0.25) is 0 Å². The highest BCUT2D eigenvalue weighted by Gasteiger charge is 2.25. The maximum absolute atomic E-state index is 11.6. The minimum atomic E-state index is -0.207. The van der Waals surface area contributed by atoms with Crippen molar-refractivity contribution < 1.29 is 9.59 Å². The van der Waals surface area contributed by atoms with Crippen molar-refractivity contribution in [3.63, 3.8) is 0 Å². The second-order valence-corrected chi connectivity index (χ2v) is 4.37. The molecule has 0 aromatic heterocycles. The molecule has 0 aromatic rings. The molecule has 3 heteroatoms. The Morgan fingerprint density at radius 1 is 1.33 bits per heavy atom. The SMILES string of the molecule is CC.CC(CC=O)C(=O)N(C)C(C)(C)C. The molecule has 0 aromatic carbocycles. The van der Waals surface area contributed by atoms with Crippen LogP contribution in [-0.4, -0.2) is 29.7 Å². The Hall–Kier alpha value is -0.860. The molecule has 0 aliphatic heterocycles. The summed E-state index contributed by atoms with van der Waals surface area (Å²) in [4.78, 5) is 23.5. The molecule has 0 bridgehead atoms. The molecule has 0 aliphatic rings. The molecule has 0 heterocycles. The zero-order valence-electron chi connectivity index (χ0n) is 11.1. The van der Waals surface area contributed by atoms with E-state index in [0.29, 0.717) is 6.42 Å². The van der Waals surface area contributed by atoms with Crippen molar-refractivity contribution in [1.82, 2.24) is 4.90 Å². The number of hydrogen-bond acceptors (Lipinski definition) is 2. The summed E-state index contributed by atoms with van der Waals surface area (Å²) in [6, 6.07) is 0. The molecule has 3 nitrogen and oxygen atoms in total. The van der Waals surface area contributed by atoms with E-state index in [0.717, 1.165) is 6.29 Å². The lowest BCUT2D eigenvalue weighted by atomic mass is 10.0. The van der Waals surface area contributed by atoms with Crippen LogP contribution in [0, 0.1) is 5.92 Å². The highest BCUT2D eigenvalue weighted by molar-refractivity contribution is 5.81. The highest BCUT2D eigenvalue weighted by Crippen LogP contribution is 2.15. The number of carbonyl (C=O) groups is 2. The predicted octanol–water partition coefficient (Wildman–Crippen LogP) is 2.49. The van der Waals surface area contributed by atoms with Crippen molar-refractivity contribution in [1.29, 1.82) is 0 Å². The molecule has 0 saturated heterocycles. The molecule has 1 atom stereocenters. The van der Waals surface area contributed by atoms with E-state index in [1.165, 1.54) is 0 Å². The van der Waals surface area contributed by atoms with Gasteiger partial charge in [0.25, 0.3) is 0 Å². The van der Waals surface area contributed by atoms with Crippen molar-refractivity contribution in [2.45, 2.75) is 53.5 Å². The summed E-state index contributed by atoms with van der Waals surface area (Å²) in [5, 5.41) is 0. The number of rotatable bonds is 3. The van der Waals surface area contributed by atoms with Gasteiger partial charge in [0.05, 0.1) is 0 Å². The monoisotopic (exact) mass is 215 g/mol. The van der Waals surface area contributed by atoms with Gasteiger partial charge in [-0.1, -0.05) is 20.8 Å². The van der Waals surface area contributed by atoms with Crippen molar-refractivity contribution in [2.24, 2.45) is 5.92 Å². The van der Waals surface area contributed by atoms with Crippen molar-refractivity contribution in [3.8, 4) is 0 Å². The summed E-state index contributed by atoms with van der Waals surface area (Å²) in [6.07, 6.45) is 1.10. The summed E-state index contributed by atoms with van der Waals surface area (Å²) >= 11 is 0. The van der Waals surface area contributed by atoms with Crippen LogP contribution in [0.25, 0.3) is 0 Å². The summed E-state index contributed by atoms with van der Waals surface area (Å²) in [5.74, 6) is -0.179. The van der Waals surface area contributed by atoms with Crippen LogP contribution in [0.15, 0.2) is 0 Å². The first-order chi connectivity index (χ1) is 6.80. The Morgan fingerprint density at radius 3 is 2.00 bits per heavy atom. The second-order valence-electron chi connectivity index (χ2n) is 4.37. The largest absolute Gasteiger partial charge is 0.341 e. The van der Waals surface area contributed by atoms with Crippen molar-refractivity contribution in [2.75, 3.05) is 7.05 Å². The lowest BCUT2D eigenvalue weighted by Gasteiger charge is -2.33. The lowest BCUT2D eigenvalue weighted by molar-refractivity contribution is -0.139. The van der Waals surface area contributed by atoms with E-state index in [1.54, 1.807) is 18.9 Å². The van der Waals surface area contributed by atoms with E-state index < -0.39 is 0 Å². The topological polar surface area (TPSA) is 37.4 Å². The van der Waals surface area contributed by atoms with E-state index in [-0.39, 0.29) is 17.4 Å². The molecular formula is C12H25NO2. The quantitative estimate of drug-likeness (QED) is 0.678. The normalized spacial score (nSPS) is 12.2. The average molecular weight is 215 g/mol. The first-order valence-corrected chi connectivity index (χ1v) is 5.52. The van der Waals surface area contributed by atoms with E-state index >= 15 is 0 Å². The molecule has 0 saturated carbocycles. The first kappa shape index (κ1) is 16.6. The lowest BCUT2D eigenvalue weighted by Crippen LogP contribution is -2.45. The first-order valence-electron chi connectivity index (χ1n) is 5.52.